The summed E-state index contributed by atoms with van der Waals surface area (Å²) in [6.45, 7) is 2.77. The first-order chi connectivity index (χ1) is 8.04. The highest BCUT2D eigenvalue weighted by molar-refractivity contribution is 5.74. The second-order valence-corrected chi connectivity index (χ2v) is 4.71. The number of aliphatic carboxylic acids is 1. The molecule has 1 aromatic carbocycles. The minimum absolute atomic E-state index is 0.0303. The van der Waals surface area contributed by atoms with Gasteiger partial charge in [0.15, 0.2) is 0 Å². The molecule has 0 aliphatic carbocycles. The number of phenolic OH excluding ortho intramolecular Hbond substituents is 1. The summed E-state index contributed by atoms with van der Waals surface area (Å²) in [5.41, 5.74) is -2.18. The fourth-order valence-electron chi connectivity index (χ4n) is 1.46. The second kappa shape index (κ2) is 4.51. The van der Waals surface area contributed by atoms with Gasteiger partial charge in [-0.15, -0.1) is 0 Å². The molecule has 0 aliphatic heterocycles. The predicted octanol–water partition coefficient (Wildman–Crippen LogP) is 3.06. The SMILES string of the molecule is CC(C)(Cc1cc(C(F)(F)F)ccc1O)C(=O)O. The lowest BCUT2D eigenvalue weighted by molar-refractivity contribution is -0.146. The summed E-state index contributed by atoms with van der Waals surface area (Å²) < 4.78 is 37.5. The van der Waals surface area contributed by atoms with Crippen molar-refractivity contribution in [2.45, 2.75) is 26.4 Å². The van der Waals surface area contributed by atoms with Crippen LogP contribution in [0.25, 0.3) is 0 Å². The highest BCUT2D eigenvalue weighted by Gasteiger charge is 2.33. The highest BCUT2D eigenvalue weighted by atomic mass is 19.4. The van der Waals surface area contributed by atoms with Crippen molar-refractivity contribution in [3.8, 4) is 5.75 Å². The number of hydrogen-bond acceptors (Lipinski definition) is 2. The number of aromatic hydroxyl groups is 1. The maximum absolute atomic E-state index is 12.5. The van der Waals surface area contributed by atoms with E-state index >= 15 is 0 Å². The highest BCUT2D eigenvalue weighted by Crippen LogP contribution is 2.34. The third-order valence-corrected chi connectivity index (χ3v) is 2.62. The predicted molar refractivity (Wildman–Crippen MR) is 58.2 cm³/mol. The molecule has 1 rings (SSSR count). The van der Waals surface area contributed by atoms with Crippen molar-refractivity contribution in [3.63, 3.8) is 0 Å². The fraction of sp³-hybridized carbons (Fsp3) is 0.417. The molecule has 6 heteroatoms. The molecule has 3 nitrogen and oxygen atoms in total. The molecule has 0 spiro atoms. The van der Waals surface area contributed by atoms with Gasteiger partial charge in [-0.1, -0.05) is 0 Å². The normalized spacial score (nSPS) is 12.5. The van der Waals surface area contributed by atoms with Crippen molar-refractivity contribution in [1.29, 1.82) is 0 Å². The number of phenols is 1. The summed E-state index contributed by atoms with van der Waals surface area (Å²) in [5, 5.41) is 18.4. The standard InChI is InChI=1S/C12H13F3O3/c1-11(2,10(17)18)6-7-5-8(12(13,14)15)3-4-9(7)16/h3-5,16H,6H2,1-2H3,(H,17,18). The Bertz CT molecular complexity index is 464. The zero-order valence-corrected chi connectivity index (χ0v) is 9.88. The summed E-state index contributed by atoms with van der Waals surface area (Å²) in [6, 6.07) is 2.46. The van der Waals surface area contributed by atoms with Crippen LogP contribution in [0.5, 0.6) is 5.75 Å². The molecule has 0 saturated carbocycles. The number of carboxylic acid groups (broad SMARTS) is 1. The van der Waals surface area contributed by atoms with Gasteiger partial charge in [0.05, 0.1) is 11.0 Å². The van der Waals surface area contributed by atoms with Crippen LogP contribution >= 0.6 is 0 Å². The minimum atomic E-state index is -4.52. The smallest absolute Gasteiger partial charge is 0.416 e. The number of hydrogen-bond donors (Lipinski definition) is 2. The number of benzene rings is 1. The van der Waals surface area contributed by atoms with Crippen molar-refractivity contribution in [2.75, 3.05) is 0 Å². The van der Waals surface area contributed by atoms with E-state index in [0.717, 1.165) is 18.2 Å². The van der Waals surface area contributed by atoms with Crippen LogP contribution in [0.4, 0.5) is 13.2 Å². The zero-order valence-electron chi connectivity index (χ0n) is 9.88. The molecular weight excluding hydrogens is 249 g/mol. The first-order valence-electron chi connectivity index (χ1n) is 5.16. The van der Waals surface area contributed by atoms with Crippen LogP contribution in [0.3, 0.4) is 0 Å². The summed E-state index contributed by atoms with van der Waals surface area (Å²) >= 11 is 0. The molecule has 0 amide bonds. The van der Waals surface area contributed by atoms with Gasteiger partial charge in [0.1, 0.15) is 5.75 Å². The lowest BCUT2D eigenvalue weighted by Crippen LogP contribution is -2.26. The first kappa shape index (κ1) is 14.3. The van der Waals surface area contributed by atoms with Gasteiger partial charge < -0.3 is 10.2 Å². The molecule has 0 unspecified atom stereocenters. The van der Waals surface area contributed by atoms with Crippen molar-refractivity contribution in [3.05, 3.63) is 29.3 Å². The van der Waals surface area contributed by atoms with Gasteiger partial charge in [0.25, 0.3) is 0 Å². The van der Waals surface area contributed by atoms with Crippen LogP contribution in [-0.4, -0.2) is 16.2 Å². The Morgan fingerprint density at radius 2 is 1.83 bits per heavy atom. The van der Waals surface area contributed by atoms with E-state index in [4.69, 9.17) is 5.11 Å². The molecule has 0 radical (unpaired) electrons. The van der Waals surface area contributed by atoms with Crippen molar-refractivity contribution in [2.24, 2.45) is 5.41 Å². The quantitative estimate of drug-likeness (QED) is 0.880. The molecule has 0 fully saturated rings. The zero-order chi connectivity index (χ0) is 14.1. The van der Waals surface area contributed by atoms with E-state index < -0.39 is 23.1 Å². The van der Waals surface area contributed by atoms with E-state index in [-0.39, 0.29) is 17.7 Å². The molecule has 0 heterocycles. The number of carbonyl (C=O) groups is 1. The van der Waals surface area contributed by atoms with Crippen LogP contribution in [0.15, 0.2) is 18.2 Å². The largest absolute Gasteiger partial charge is 0.508 e. The molecule has 100 valence electrons. The molecule has 0 bridgehead atoms. The van der Waals surface area contributed by atoms with E-state index in [1.807, 2.05) is 0 Å². The molecule has 0 saturated heterocycles. The van der Waals surface area contributed by atoms with Gasteiger partial charge in [0.2, 0.25) is 0 Å². The van der Waals surface area contributed by atoms with E-state index in [1.54, 1.807) is 0 Å². The van der Waals surface area contributed by atoms with E-state index in [0.29, 0.717) is 0 Å². The Morgan fingerprint density at radius 3 is 2.28 bits per heavy atom. The van der Waals surface area contributed by atoms with Crippen LogP contribution in [0.1, 0.15) is 25.0 Å². The lowest BCUT2D eigenvalue weighted by atomic mass is 9.85. The van der Waals surface area contributed by atoms with E-state index in [1.165, 1.54) is 13.8 Å². The van der Waals surface area contributed by atoms with Gasteiger partial charge in [-0.05, 0) is 44.0 Å². The third kappa shape index (κ3) is 3.15. The molecule has 1 aromatic rings. The number of rotatable bonds is 3. The number of carboxylic acids is 1. The topological polar surface area (TPSA) is 57.5 Å². The molecule has 0 atom stereocenters. The van der Waals surface area contributed by atoms with Gasteiger partial charge in [0, 0.05) is 0 Å². The summed E-state index contributed by atoms with van der Waals surface area (Å²) in [4.78, 5) is 10.9. The van der Waals surface area contributed by atoms with Crippen molar-refractivity contribution >= 4 is 5.97 Å². The Morgan fingerprint density at radius 1 is 1.28 bits per heavy atom. The monoisotopic (exact) mass is 262 g/mol. The second-order valence-electron chi connectivity index (χ2n) is 4.71. The van der Waals surface area contributed by atoms with Crippen LogP contribution in [0.2, 0.25) is 0 Å². The van der Waals surface area contributed by atoms with Crippen LogP contribution < -0.4 is 0 Å². The van der Waals surface area contributed by atoms with Crippen LogP contribution in [0, 0.1) is 5.41 Å². The summed E-state index contributed by atoms with van der Waals surface area (Å²) in [5.74, 6) is -1.48. The lowest BCUT2D eigenvalue weighted by Gasteiger charge is -2.20. The van der Waals surface area contributed by atoms with Gasteiger partial charge in [-0.2, -0.15) is 13.2 Å². The molecule has 18 heavy (non-hydrogen) atoms. The fourth-order valence-corrected chi connectivity index (χ4v) is 1.46. The number of halogens is 3. The maximum atomic E-state index is 12.5. The minimum Gasteiger partial charge on any atom is -0.508 e. The first-order valence-corrected chi connectivity index (χ1v) is 5.16. The van der Waals surface area contributed by atoms with E-state index in [9.17, 15) is 23.1 Å². The Kier molecular flexibility index (Phi) is 3.59. The molecule has 0 aromatic heterocycles. The average Bonchev–Trinajstić information content (AvgIpc) is 2.19. The van der Waals surface area contributed by atoms with Crippen molar-refractivity contribution < 1.29 is 28.2 Å². The molecular formula is C12H13F3O3. The Balaban J connectivity index is 3.14. The van der Waals surface area contributed by atoms with Gasteiger partial charge >= 0.3 is 12.1 Å². The Labute approximate surface area is 102 Å². The van der Waals surface area contributed by atoms with Crippen LogP contribution in [-0.2, 0) is 17.4 Å². The third-order valence-electron chi connectivity index (χ3n) is 2.62. The Hall–Kier alpha value is -1.72. The van der Waals surface area contributed by atoms with Crippen molar-refractivity contribution in [1.82, 2.24) is 0 Å². The van der Waals surface area contributed by atoms with Gasteiger partial charge in [-0.3, -0.25) is 4.79 Å². The summed E-state index contributed by atoms with van der Waals surface area (Å²) in [7, 11) is 0. The van der Waals surface area contributed by atoms with E-state index in [2.05, 4.69) is 0 Å². The molecule has 0 aliphatic rings. The summed E-state index contributed by atoms with van der Waals surface area (Å²) in [6.07, 6.45) is -4.70. The molecule has 2 N–H and O–H groups in total. The number of alkyl halides is 3. The van der Waals surface area contributed by atoms with Gasteiger partial charge in [-0.25, -0.2) is 0 Å². The average molecular weight is 262 g/mol. The maximum Gasteiger partial charge on any atom is 0.416 e.